The highest BCUT2D eigenvalue weighted by Gasteiger charge is 2.22. The van der Waals surface area contributed by atoms with Crippen LogP contribution in [-0.4, -0.2) is 51.4 Å². The Balaban J connectivity index is 2.93. The van der Waals surface area contributed by atoms with Gasteiger partial charge in [-0.25, -0.2) is 8.42 Å². The minimum atomic E-state index is -3.12. The summed E-state index contributed by atoms with van der Waals surface area (Å²) in [5.74, 6) is 0.157. The lowest BCUT2D eigenvalue weighted by Gasteiger charge is -2.25. The Bertz CT molecular complexity index is 554. The third kappa shape index (κ3) is 4.24. The molecule has 1 atom stereocenters. The molecule has 1 amide bonds. The maximum absolute atomic E-state index is 12.3. The Kier molecular flexibility index (Phi) is 4.94. The van der Waals surface area contributed by atoms with Gasteiger partial charge >= 0.3 is 0 Å². The Labute approximate surface area is 114 Å². The number of sulfone groups is 1. The van der Waals surface area contributed by atoms with Gasteiger partial charge in [0.15, 0.2) is 0 Å². The van der Waals surface area contributed by atoms with Crippen LogP contribution in [0.4, 0.5) is 0 Å². The van der Waals surface area contributed by atoms with Gasteiger partial charge in [-0.3, -0.25) is 4.79 Å². The van der Waals surface area contributed by atoms with E-state index < -0.39 is 15.9 Å². The number of carbonyl (C=O) groups excluding carboxylic acids is 1. The van der Waals surface area contributed by atoms with Crippen LogP contribution in [-0.2, 0) is 9.84 Å². The number of nitrogens with zero attached hydrogens (tertiary/aromatic N) is 1. The summed E-state index contributed by atoms with van der Waals surface area (Å²) in [4.78, 5) is 13.7. The predicted octanol–water partition coefficient (Wildman–Crippen LogP) is 1.20. The fourth-order valence-electron chi connectivity index (χ4n) is 1.76. The van der Waals surface area contributed by atoms with Gasteiger partial charge in [0.1, 0.15) is 15.6 Å². The third-order valence-corrected chi connectivity index (χ3v) is 3.95. The van der Waals surface area contributed by atoms with Gasteiger partial charge in [0.25, 0.3) is 5.91 Å². The first-order valence-electron chi connectivity index (χ1n) is 5.84. The highest BCUT2D eigenvalue weighted by Crippen LogP contribution is 2.19. The van der Waals surface area contributed by atoms with E-state index in [2.05, 4.69) is 0 Å². The second-order valence-electron chi connectivity index (χ2n) is 4.56. The molecule has 1 unspecified atom stereocenters. The summed E-state index contributed by atoms with van der Waals surface area (Å²) in [6.45, 7) is 1.70. The summed E-state index contributed by atoms with van der Waals surface area (Å²) in [6, 6.07) is 6.47. The van der Waals surface area contributed by atoms with Crippen molar-refractivity contribution < 1.29 is 17.9 Å². The zero-order valence-corrected chi connectivity index (χ0v) is 12.4. The second-order valence-corrected chi connectivity index (χ2v) is 6.74. The molecule has 0 heterocycles. The summed E-state index contributed by atoms with van der Waals surface area (Å²) in [6.07, 6.45) is 1.16. The minimum Gasteiger partial charge on any atom is -0.496 e. The molecule has 5 nitrogen and oxygen atoms in total. The molecule has 0 aromatic heterocycles. The van der Waals surface area contributed by atoms with E-state index in [1.54, 1.807) is 38.2 Å². The van der Waals surface area contributed by atoms with E-state index in [1.165, 1.54) is 12.0 Å². The van der Waals surface area contributed by atoms with Crippen LogP contribution in [0.5, 0.6) is 5.75 Å². The van der Waals surface area contributed by atoms with Crippen molar-refractivity contribution in [2.24, 2.45) is 0 Å². The number of methoxy groups -OCH3 is 1. The van der Waals surface area contributed by atoms with Gasteiger partial charge in [0.05, 0.1) is 18.4 Å². The molecule has 1 aromatic rings. The molecule has 19 heavy (non-hydrogen) atoms. The van der Waals surface area contributed by atoms with E-state index in [1.807, 2.05) is 0 Å². The number of amides is 1. The maximum atomic E-state index is 12.3. The lowest BCUT2D eigenvalue weighted by molar-refractivity contribution is 0.0753. The van der Waals surface area contributed by atoms with E-state index in [-0.39, 0.29) is 11.7 Å². The number of rotatable bonds is 5. The average molecular weight is 285 g/mol. The number of ether oxygens (including phenoxy) is 1. The van der Waals surface area contributed by atoms with Crippen LogP contribution < -0.4 is 4.74 Å². The van der Waals surface area contributed by atoms with Crippen molar-refractivity contribution in [3.05, 3.63) is 29.8 Å². The normalized spacial score (nSPS) is 12.8. The number of hydrogen-bond donors (Lipinski definition) is 0. The van der Waals surface area contributed by atoms with E-state index in [4.69, 9.17) is 4.74 Å². The molecule has 0 aliphatic heterocycles. The zero-order chi connectivity index (χ0) is 14.6. The van der Waals surface area contributed by atoms with E-state index in [0.717, 1.165) is 6.26 Å². The van der Waals surface area contributed by atoms with Crippen molar-refractivity contribution in [2.75, 3.05) is 26.2 Å². The van der Waals surface area contributed by atoms with Gasteiger partial charge in [0, 0.05) is 19.3 Å². The molecule has 0 fully saturated rings. The molecular formula is C13H19NO4S. The fourth-order valence-corrected chi connectivity index (χ4v) is 2.86. The van der Waals surface area contributed by atoms with Crippen LogP contribution in [0.25, 0.3) is 0 Å². The van der Waals surface area contributed by atoms with Crippen LogP contribution in [0.15, 0.2) is 24.3 Å². The van der Waals surface area contributed by atoms with Crippen molar-refractivity contribution in [3.8, 4) is 5.75 Å². The van der Waals surface area contributed by atoms with E-state index in [0.29, 0.717) is 11.3 Å². The zero-order valence-electron chi connectivity index (χ0n) is 11.6. The lowest BCUT2D eigenvalue weighted by atomic mass is 10.1. The molecule has 0 N–H and O–H groups in total. The molecular weight excluding hydrogens is 266 g/mol. The van der Waals surface area contributed by atoms with Crippen LogP contribution in [0, 0.1) is 0 Å². The first-order valence-corrected chi connectivity index (χ1v) is 7.90. The number of benzene rings is 1. The number of para-hydroxylation sites is 1. The highest BCUT2D eigenvalue weighted by atomic mass is 32.2. The van der Waals surface area contributed by atoms with E-state index >= 15 is 0 Å². The summed E-state index contributed by atoms with van der Waals surface area (Å²) < 4.78 is 27.7. The topological polar surface area (TPSA) is 63.7 Å². The largest absolute Gasteiger partial charge is 0.496 e. The quantitative estimate of drug-likeness (QED) is 0.815. The first-order chi connectivity index (χ1) is 8.76. The van der Waals surface area contributed by atoms with Crippen LogP contribution >= 0.6 is 0 Å². The molecule has 0 aliphatic carbocycles. The van der Waals surface area contributed by atoms with Crippen LogP contribution in [0.1, 0.15) is 17.3 Å². The molecule has 0 radical (unpaired) electrons. The fraction of sp³-hybridized carbons (Fsp3) is 0.462. The van der Waals surface area contributed by atoms with Gasteiger partial charge in [-0.2, -0.15) is 0 Å². The molecule has 0 saturated heterocycles. The van der Waals surface area contributed by atoms with Gasteiger partial charge < -0.3 is 9.64 Å². The SMILES string of the molecule is COc1ccccc1C(=O)N(C)C(C)CS(C)(=O)=O. The smallest absolute Gasteiger partial charge is 0.257 e. The maximum Gasteiger partial charge on any atom is 0.257 e. The Morgan fingerprint density at radius 3 is 2.47 bits per heavy atom. The highest BCUT2D eigenvalue weighted by molar-refractivity contribution is 7.90. The van der Waals surface area contributed by atoms with Crippen molar-refractivity contribution in [1.29, 1.82) is 0 Å². The number of carbonyl (C=O) groups is 1. The first kappa shape index (κ1) is 15.5. The molecule has 1 aromatic carbocycles. The minimum absolute atomic E-state index is 0.0651. The summed E-state index contributed by atoms with van der Waals surface area (Å²) in [5.41, 5.74) is 0.424. The average Bonchev–Trinajstić information content (AvgIpc) is 2.34. The van der Waals surface area contributed by atoms with Crippen molar-refractivity contribution in [1.82, 2.24) is 4.90 Å². The Hall–Kier alpha value is -1.56. The molecule has 6 heteroatoms. The van der Waals surface area contributed by atoms with E-state index in [9.17, 15) is 13.2 Å². The van der Waals surface area contributed by atoms with Gasteiger partial charge in [-0.15, -0.1) is 0 Å². The second kappa shape index (κ2) is 6.06. The lowest BCUT2D eigenvalue weighted by Crippen LogP contribution is -2.39. The molecule has 0 bridgehead atoms. The van der Waals surface area contributed by atoms with Crippen molar-refractivity contribution in [2.45, 2.75) is 13.0 Å². The monoisotopic (exact) mass is 285 g/mol. The summed E-state index contributed by atoms with van der Waals surface area (Å²) in [7, 11) is -0.0449. The van der Waals surface area contributed by atoms with Crippen LogP contribution in [0.2, 0.25) is 0 Å². The van der Waals surface area contributed by atoms with Gasteiger partial charge in [-0.05, 0) is 19.1 Å². The van der Waals surface area contributed by atoms with Crippen molar-refractivity contribution in [3.63, 3.8) is 0 Å². The summed E-state index contributed by atoms with van der Waals surface area (Å²) in [5, 5.41) is 0. The standard InChI is InChI=1S/C13H19NO4S/c1-10(9-19(4,16)17)14(2)13(15)11-7-5-6-8-12(11)18-3/h5-8,10H,9H2,1-4H3. The Morgan fingerprint density at radius 1 is 1.37 bits per heavy atom. The molecule has 0 aliphatic rings. The van der Waals surface area contributed by atoms with Crippen molar-refractivity contribution >= 4 is 15.7 Å². The molecule has 0 spiro atoms. The predicted molar refractivity (Wildman–Crippen MR) is 74.3 cm³/mol. The van der Waals surface area contributed by atoms with Gasteiger partial charge in [-0.1, -0.05) is 12.1 Å². The Morgan fingerprint density at radius 2 is 1.95 bits per heavy atom. The molecule has 106 valence electrons. The molecule has 1 rings (SSSR count). The van der Waals surface area contributed by atoms with Crippen LogP contribution in [0.3, 0.4) is 0 Å². The third-order valence-electron chi connectivity index (χ3n) is 2.86. The van der Waals surface area contributed by atoms with Gasteiger partial charge in [0.2, 0.25) is 0 Å². The summed E-state index contributed by atoms with van der Waals surface area (Å²) >= 11 is 0. The number of hydrogen-bond acceptors (Lipinski definition) is 4. The molecule has 0 saturated carbocycles.